The minimum atomic E-state index is -0.792. The van der Waals surface area contributed by atoms with Crippen LogP contribution in [0.4, 0.5) is 0 Å². The Morgan fingerprint density at radius 3 is 2.45 bits per heavy atom. The van der Waals surface area contributed by atoms with Crippen molar-refractivity contribution in [2.75, 3.05) is 20.1 Å². The molecule has 2 unspecified atom stereocenters. The van der Waals surface area contributed by atoms with Crippen LogP contribution in [0.2, 0.25) is 5.02 Å². The normalized spacial score (nSPS) is 20.7. The van der Waals surface area contributed by atoms with E-state index in [2.05, 4.69) is 18.7 Å². The zero-order valence-electron chi connectivity index (χ0n) is 19.7. The maximum absolute atomic E-state index is 13.0. The SMILES string of the molecule is CC.CN1CC(O)C(c2c(O)cc(O)c3c(=O)cc(-c4ccccc4Cl)oc23)CC(C)(C)C1. The monoisotopic (exact) mass is 473 g/mol. The molecule has 2 atom stereocenters. The third kappa shape index (κ3) is 5.03. The van der Waals surface area contributed by atoms with E-state index >= 15 is 0 Å². The number of nitrogens with zero attached hydrogens (tertiary/aromatic N) is 1. The van der Waals surface area contributed by atoms with Crippen molar-refractivity contribution >= 4 is 22.6 Å². The molecule has 2 heterocycles. The molecule has 1 aliphatic heterocycles. The van der Waals surface area contributed by atoms with Gasteiger partial charge in [0.1, 0.15) is 28.2 Å². The van der Waals surface area contributed by atoms with Crippen LogP contribution in [-0.2, 0) is 0 Å². The fraction of sp³-hybridized carbons (Fsp3) is 0.423. The molecular weight excluding hydrogens is 442 g/mol. The molecule has 33 heavy (non-hydrogen) atoms. The molecule has 1 fully saturated rings. The van der Waals surface area contributed by atoms with Gasteiger partial charge in [0.25, 0.3) is 0 Å². The van der Waals surface area contributed by atoms with E-state index in [0.717, 1.165) is 12.6 Å². The van der Waals surface area contributed by atoms with E-state index in [-0.39, 0.29) is 33.6 Å². The van der Waals surface area contributed by atoms with Gasteiger partial charge in [-0.3, -0.25) is 4.79 Å². The Balaban J connectivity index is 0.00000149. The number of likely N-dealkylation sites (N-methyl/N-ethyl adjacent to an activating group) is 1. The Hall–Kier alpha value is -2.54. The first-order chi connectivity index (χ1) is 15.6. The van der Waals surface area contributed by atoms with Gasteiger partial charge in [0, 0.05) is 42.3 Å². The predicted molar refractivity (Wildman–Crippen MR) is 132 cm³/mol. The van der Waals surface area contributed by atoms with Crippen LogP contribution >= 0.6 is 11.6 Å². The molecule has 1 aromatic heterocycles. The van der Waals surface area contributed by atoms with Crippen molar-refractivity contribution < 1.29 is 19.7 Å². The van der Waals surface area contributed by atoms with Crippen LogP contribution in [0, 0.1) is 5.41 Å². The maximum atomic E-state index is 13.0. The van der Waals surface area contributed by atoms with Crippen LogP contribution < -0.4 is 5.43 Å². The van der Waals surface area contributed by atoms with Gasteiger partial charge in [-0.1, -0.05) is 51.4 Å². The minimum absolute atomic E-state index is 0.0220. The topological polar surface area (TPSA) is 94.1 Å². The molecule has 178 valence electrons. The summed E-state index contributed by atoms with van der Waals surface area (Å²) in [5.41, 5.74) is 0.320. The first-order valence-corrected chi connectivity index (χ1v) is 11.6. The van der Waals surface area contributed by atoms with Crippen molar-refractivity contribution in [2.45, 2.75) is 46.1 Å². The summed E-state index contributed by atoms with van der Waals surface area (Å²) >= 11 is 6.31. The minimum Gasteiger partial charge on any atom is -0.507 e. The van der Waals surface area contributed by atoms with Gasteiger partial charge in [0.2, 0.25) is 0 Å². The highest BCUT2D eigenvalue weighted by Gasteiger charge is 2.38. The van der Waals surface area contributed by atoms with Crippen LogP contribution in [0.25, 0.3) is 22.3 Å². The number of phenolic OH excluding ortho intramolecular Hbond substituents is 2. The summed E-state index contributed by atoms with van der Waals surface area (Å²) in [6.45, 7) is 9.37. The molecule has 4 rings (SSSR count). The first kappa shape index (κ1) is 25.1. The molecule has 0 bridgehead atoms. The second-order valence-electron chi connectivity index (χ2n) is 9.23. The lowest BCUT2D eigenvalue weighted by Crippen LogP contribution is -2.32. The van der Waals surface area contributed by atoms with Crippen LogP contribution in [0.3, 0.4) is 0 Å². The summed E-state index contributed by atoms with van der Waals surface area (Å²) < 4.78 is 6.11. The van der Waals surface area contributed by atoms with E-state index in [1.165, 1.54) is 6.07 Å². The van der Waals surface area contributed by atoms with E-state index in [1.54, 1.807) is 24.3 Å². The van der Waals surface area contributed by atoms with Crippen molar-refractivity contribution in [2.24, 2.45) is 5.41 Å². The predicted octanol–water partition coefficient (Wildman–Crippen LogP) is 5.36. The van der Waals surface area contributed by atoms with Gasteiger partial charge in [-0.2, -0.15) is 0 Å². The van der Waals surface area contributed by atoms with Gasteiger partial charge < -0.3 is 24.6 Å². The zero-order chi connectivity index (χ0) is 24.5. The van der Waals surface area contributed by atoms with Crippen molar-refractivity contribution in [3.8, 4) is 22.8 Å². The molecule has 1 saturated heterocycles. The molecule has 3 N–H and O–H groups in total. The molecule has 1 aliphatic rings. The third-order valence-corrected chi connectivity index (χ3v) is 6.27. The van der Waals surface area contributed by atoms with Crippen LogP contribution in [0.1, 0.15) is 45.6 Å². The molecule has 0 spiro atoms. The van der Waals surface area contributed by atoms with Crippen LogP contribution in [0.5, 0.6) is 11.5 Å². The Morgan fingerprint density at radius 1 is 1.12 bits per heavy atom. The number of fused-ring (bicyclic) bond motifs is 1. The number of β-amino-alcohol motifs (C(OH)–C–C–N with tert-alkyl or cyclic N) is 1. The summed E-state index contributed by atoms with van der Waals surface area (Å²) in [6.07, 6.45) is -0.230. The number of aromatic hydroxyl groups is 2. The molecule has 2 aromatic carbocycles. The standard InChI is InChI=1S/C24H26ClNO5.C2H6/c1-24(2)10-14(19(30)11-26(3)12-24)21-16(27)8-17(28)22-18(29)9-20(31-23(21)22)13-6-4-5-7-15(13)25;1-2/h4-9,14,19,27-28,30H,10-12H2,1-3H3;1-2H3. The van der Waals surface area contributed by atoms with Crippen molar-refractivity contribution in [3.63, 3.8) is 0 Å². The molecule has 7 heteroatoms. The maximum Gasteiger partial charge on any atom is 0.197 e. The van der Waals surface area contributed by atoms with Crippen molar-refractivity contribution in [3.05, 3.63) is 57.2 Å². The number of aliphatic hydroxyl groups is 1. The Labute approximate surface area is 199 Å². The molecule has 0 aliphatic carbocycles. The molecule has 0 amide bonds. The molecule has 0 saturated carbocycles. The summed E-state index contributed by atoms with van der Waals surface area (Å²) in [4.78, 5) is 15.0. The van der Waals surface area contributed by atoms with Crippen LogP contribution in [-0.4, -0.2) is 46.5 Å². The lowest BCUT2D eigenvalue weighted by Gasteiger charge is -2.29. The van der Waals surface area contributed by atoms with Gasteiger partial charge in [-0.25, -0.2) is 0 Å². The van der Waals surface area contributed by atoms with Crippen LogP contribution in [0.15, 0.2) is 45.6 Å². The quantitative estimate of drug-likeness (QED) is 0.464. The molecular formula is C26H32ClNO5. The molecule has 6 nitrogen and oxygen atoms in total. The van der Waals surface area contributed by atoms with Gasteiger partial charge >= 0.3 is 0 Å². The zero-order valence-corrected chi connectivity index (χ0v) is 20.5. The lowest BCUT2D eigenvalue weighted by molar-refractivity contribution is 0.114. The summed E-state index contributed by atoms with van der Waals surface area (Å²) in [7, 11) is 1.94. The van der Waals surface area contributed by atoms with Gasteiger partial charge in [0.05, 0.1) is 11.1 Å². The summed E-state index contributed by atoms with van der Waals surface area (Å²) in [5, 5.41) is 32.6. The van der Waals surface area contributed by atoms with E-state index in [4.69, 9.17) is 16.0 Å². The number of hydrogen-bond acceptors (Lipinski definition) is 6. The summed E-state index contributed by atoms with van der Waals surface area (Å²) in [6, 6.07) is 9.40. The average Bonchev–Trinajstić information content (AvgIpc) is 2.83. The number of hydrogen-bond donors (Lipinski definition) is 3. The lowest BCUT2D eigenvalue weighted by atomic mass is 9.78. The number of phenols is 2. The fourth-order valence-corrected chi connectivity index (χ4v) is 5.03. The number of rotatable bonds is 2. The Morgan fingerprint density at radius 2 is 1.79 bits per heavy atom. The molecule has 0 radical (unpaired) electrons. The van der Waals surface area contributed by atoms with E-state index < -0.39 is 17.5 Å². The van der Waals surface area contributed by atoms with Gasteiger partial charge in [-0.05, 0) is 31.0 Å². The second-order valence-corrected chi connectivity index (χ2v) is 9.63. The highest BCUT2D eigenvalue weighted by Crippen LogP contribution is 2.46. The number of aliphatic hydroxyl groups excluding tert-OH is 1. The van der Waals surface area contributed by atoms with Gasteiger partial charge in [0.15, 0.2) is 5.43 Å². The van der Waals surface area contributed by atoms with E-state index in [9.17, 15) is 20.1 Å². The van der Waals surface area contributed by atoms with Crippen molar-refractivity contribution in [1.29, 1.82) is 0 Å². The highest BCUT2D eigenvalue weighted by atomic mass is 35.5. The average molecular weight is 474 g/mol. The molecule has 3 aromatic rings. The number of halogens is 1. The third-order valence-electron chi connectivity index (χ3n) is 5.94. The Bertz CT molecular complexity index is 1200. The second kappa shape index (κ2) is 9.75. The Kier molecular flexibility index (Phi) is 7.42. The smallest absolute Gasteiger partial charge is 0.197 e. The van der Waals surface area contributed by atoms with E-state index in [0.29, 0.717) is 29.1 Å². The number of likely N-dealkylation sites (tertiary alicyclic amines) is 1. The largest absolute Gasteiger partial charge is 0.507 e. The fourth-order valence-electron chi connectivity index (χ4n) is 4.81. The first-order valence-electron chi connectivity index (χ1n) is 11.2. The van der Waals surface area contributed by atoms with Gasteiger partial charge in [-0.15, -0.1) is 0 Å². The highest BCUT2D eigenvalue weighted by molar-refractivity contribution is 6.33. The number of benzene rings is 2. The van der Waals surface area contributed by atoms with Crippen molar-refractivity contribution in [1.82, 2.24) is 4.90 Å². The van der Waals surface area contributed by atoms with E-state index in [1.807, 2.05) is 20.9 Å². The summed E-state index contributed by atoms with van der Waals surface area (Å²) in [5.74, 6) is -0.842.